The highest BCUT2D eigenvalue weighted by atomic mass is 35.5. The van der Waals surface area contributed by atoms with Crippen LogP contribution in [0, 0.1) is 0 Å². The first-order chi connectivity index (χ1) is 5.74. The lowest BCUT2D eigenvalue weighted by Crippen LogP contribution is -2.31. The molecule has 1 saturated carbocycles. The predicted molar refractivity (Wildman–Crippen MR) is 44.0 cm³/mol. The van der Waals surface area contributed by atoms with Gasteiger partial charge in [0.15, 0.2) is 0 Å². The second kappa shape index (κ2) is 4.65. The third-order valence-corrected chi connectivity index (χ3v) is 2.23. The summed E-state index contributed by atoms with van der Waals surface area (Å²) in [6.45, 7) is 0. The molecular weight excluding hydrogens is 183 g/mol. The van der Waals surface area contributed by atoms with Crippen LogP contribution >= 0.6 is 11.6 Å². The number of hydrogen-bond donors (Lipinski definition) is 0. The second-order valence-electron chi connectivity index (χ2n) is 2.96. The Morgan fingerprint density at radius 2 is 2.17 bits per heavy atom. The molecule has 1 aliphatic carbocycles. The number of hydrogen-bond acceptors (Lipinski definition) is 2. The Bertz CT molecular complexity index is 163. The van der Waals surface area contributed by atoms with Crippen LogP contribution in [0.4, 0.5) is 4.39 Å². The van der Waals surface area contributed by atoms with E-state index < -0.39 is 18.2 Å². The van der Waals surface area contributed by atoms with E-state index >= 15 is 0 Å². The van der Waals surface area contributed by atoms with Gasteiger partial charge >= 0.3 is 5.97 Å². The molecule has 0 aromatic heterocycles. The number of carbonyl (C=O) groups is 1. The Labute approximate surface area is 76.0 Å². The third-order valence-electron chi connectivity index (χ3n) is 2.01. The van der Waals surface area contributed by atoms with Gasteiger partial charge in [0.1, 0.15) is 18.2 Å². The van der Waals surface area contributed by atoms with Crippen LogP contribution in [-0.2, 0) is 9.53 Å². The van der Waals surface area contributed by atoms with Gasteiger partial charge in [-0.3, -0.25) is 4.79 Å². The molecule has 0 saturated heterocycles. The van der Waals surface area contributed by atoms with Gasteiger partial charge in [-0.25, -0.2) is 4.39 Å². The molecule has 1 rings (SSSR count). The molecular formula is C8H12ClFO2. The van der Waals surface area contributed by atoms with E-state index in [2.05, 4.69) is 0 Å². The summed E-state index contributed by atoms with van der Waals surface area (Å²) >= 11 is 5.22. The predicted octanol–water partition coefficient (Wildman–Crippen LogP) is 2.05. The summed E-state index contributed by atoms with van der Waals surface area (Å²) in [5, 5.41) is 0. The topological polar surface area (TPSA) is 26.3 Å². The maximum absolute atomic E-state index is 13.0. The molecule has 0 aromatic rings. The van der Waals surface area contributed by atoms with E-state index in [1.165, 1.54) is 0 Å². The minimum Gasteiger partial charge on any atom is -0.458 e. The lowest BCUT2D eigenvalue weighted by molar-refractivity contribution is -0.151. The van der Waals surface area contributed by atoms with E-state index in [4.69, 9.17) is 16.3 Å². The fourth-order valence-corrected chi connectivity index (χ4v) is 1.45. The van der Waals surface area contributed by atoms with Gasteiger partial charge in [-0.1, -0.05) is 6.42 Å². The fraction of sp³-hybridized carbons (Fsp3) is 0.875. The second-order valence-corrected chi connectivity index (χ2v) is 3.23. The smallest absolute Gasteiger partial charge is 0.321 e. The maximum Gasteiger partial charge on any atom is 0.321 e. The molecule has 0 bridgehead atoms. The number of alkyl halides is 2. The molecule has 0 spiro atoms. The summed E-state index contributed by atoms with van der Waals surface area (Å²) < 4.78 is 17.8. The summed E-state index contributed by atoms with van der Waals surface area (Å²) in [5.74, 6) is -0.713. The molecule has 2 atom stereocenters. The first kappa shape index (κ1) is 9.78. The Morgan fingerprint density at radius 1 is 1.50 bits per heavy atom. The number of rotatable bonds is 2. The van der Waals surface area contributed by atoms with E-state index in [0.717, 1.165) is 12.8 Å². The Morgan fingerprint density at radius 3 is 2.75 bits per heavy atom. The molecule has 70 valence electrons. The number of ether oxygens (including phenoxy) is 1. The van der Waals surface area contributed by atoms with Crippen molar-refractivity contribution in [1.29, 1.82) is 0 Å². The van der Waals surface area contributed by atoms with Gasteiger partial charge in [-0.05, 0) is 19.3 Å². The SMILES string of the molecule is O=C(CCl)OC1CCCCC1F. The number of carbonyl (C=O) groups excluding carboxylic acids is 1. The minimum atomic E-state index is -0.995. The van der Waals surface area contributed by atoms with Crippen molar-refractivity contribution in [3.8, 4) is 0 Å². The highest BCUT2D eigenvalue weighted by Crippen LogP contribution is 2.23. The first-order valence-corrected chi connectivity index (χ1v) is 4.67. The van der Waals surface area contributed by atoms with Crippen molar-refractivity contribution in [3.05, 3.63) is 0 Å². The zero-order chi connectivity index (χ0) is 8.97. The lowest BCUT2D eigenvalue weighted by atomic mass is 9.96. The fourth-order valence-electron chi connectivity index (χ4n) is 1.38. The summed E-state index contributed by atoms with van der Waals surface area (Å²) in [6, 6.07) is 0. The van der Waals surface area contributed by atoms with E-state index in [9.17, 15) is 9.18 Å². The van der Waals surface area contributed by atoms with E-state index in [1.54, 1.807) is 0 Å². The van der Waals surface area contributed by atoms with E-state index in [1.807, 2.05) is 0 Å². The molecule has 4 heteroatoms. The van der Waals surface area contributed by atoms with Crippen LogP contribution in [0.3, 0.4) is 0 Å². The molecule has 2 nitrogen and oxygen atoms in total. The van der Waals surface area contributed by atoms with Crippen molar-refractivity contribution in [2.24, 2.45) is 0 Å². The average Bonchev–Trinajstić information content (AvgIpc) is 2.09. The Hall–Kier alpha value is -0.310. The minimum absolute atomic E-state index is 0.191. The molecule has 1 aliphatic rings. The van der Waals surface area contributed by atoms with Crippen LogP contribution in [0.15, 0.2) is 0 Å². The monoisotopic (exact) mass is 194 g/mol. The lowest BCUT2D eigenvalue weighted by Gasteiger charge is -2.25. The van der Waals surface area contributed by atoms with Gasteiger partial charge in [-0.2, -0.15) is 0 Å². The van der Waals surface area contributed by atoms with E-state index in [0.29, 0.717) is 12.8 Å². The molecule has 0 amide bonds. The summed E-state index contributed by atoms with van der Waals surface area (Å²) in [6.07, 6.45) is 1.40. The van der Waals surface area contributed by atoms with Gasteiger partial charge in [0.05, 0.1) is 0 Å². The molecule has 2 unspecified atom stereocenters. The van der Waals surface area contributed by atoms with Gasteiger partial charge < -0.3 is 4.74 Å². The average molecular weight is 195 g/mol. The molecule has 12 heavy (non-hydrogen) atoms. The molecule has 0 radical (unpaired) electrons. The van der Waals surface area contributed by atoms with Crippen LogP contribution in [0.25, 0.3) is 0 Å². The van der Waals surface area contributed by atoms with Crippen LogP contribution in [0.1, 0.15) is 25.7 Å². The van der Waals surface area contributed by atoms with Crippen molar-refractivity contribution in [1.82, 2.24) is 0 Å². The summed E-state index contributed by atoms with van der Waals surface area (Å²) in [4.78, 5) is 10.7. The Balaban J connectivity index is 2.33. The largest absolute Gasteiger partial charge is 0.458 e. The highest BCUT2D eigenvalue weighted by molar-refractivity contribution is 6.26. The van der Waals surface area contributed by atoms with Crippen LogP contribution in [-0.4, -0.2) is 24.1 Å². The van der Waals surface area contributed by atoms with Crippen molar-refractivity contribution in [2.75, 3.05) is 5.88 Å². The highest BCUT2D eigenvalue weighted by Gasteiger charge is 2.27. The maximum atomic E-state index is 13.0. The molecule has 1 fully saturated rings. The molecule has 0 heterocycles. The van der Waals surface area contributed by atoms with Crippen LogP contribution in [0.5, 0.6) is 0 Å². The van der Waals surface area contributed by atoms with E-state index in [-0.39, 0.29) is 5.88 Å². The van der Waals surface area contributed by atoms with Gasteiger partial charge in [0.25, 0.3) is 0 Å². The summed E-state index contributed by atoms with van der Waals surface area (Å²) in [7, 11) is 0. The first-order valence-electron chi connectivity index (χ1n) is 4.13. The third kappa shape index (κ3) is 2.63. The van der Waals surface area contributed by atoms with Crippen molar-refractivity contribution >= 4 is 17.6 Å². The number of halogens is 2. The molecule has 0 aromatic carbocycles. The zero-order valence-corrected chi connectivity index (χ0v) is 7.52. The Kier molecular flexibility index (Phi) is 3.79. The van der Waals surface area contributed by atoms with Gasteiger partial charge in [0, 0.05) is 0 Å². The van der Waals surface area contributed by atoms with Crippen molar-refractivity contribution < 1.29 is 13.9 Å². The van der Waals surface area contributed by atoms with Crippen LogP contribution in [0.2, 0.25) is 0 Å². The standard InChI is InChI=1S/C8H12ClFO2/c9-5-8(11)12-7-4-2-1-3-6(7)10/h6-7H,1-5H2. The van der Waals surface area contributed by atoms with Crippen molar-refractivity contribution in [2.45, 2.75) is 38.0 Å². The number of esters is 1. The van der Waals surface area contributed by atoms with Gasteiger partial charge in [-0.15, -0.1) is 11.6 Å². The zero-order valence-electron chi connectivity index (χ0n) is 6.76. The van der Waals surface area contributed by atoms with Gasteiger partial charge in [0.2, 0.25) is 0 Å². The summed E-state index contributed by atoms with van der Waals surface area (Å²) in [5.41, 5.74) is 0. The normalized spacial score (nSPS) is 29.8. The molecule has 0 N–H and O–H groups in total. The molecule has 0 aliphatic heterocycles. The quantitative estimate of drug-likeness (QED) is 0.497. The van der Waals surface area contributed by atoms with Crippen LogP contribution < -0.4 is 0 Å². The van der Waals surface area contributed by atoms with Crippen molar-refractivity contribution in [3.63, 3.8) is 0 Å².